The lowest BCUT2D eigenvalue weighted by molar-refractivity contribution is -0.118. The van der Waals surface area contributed by atoms with Crippen molar-refractivity contribution >= 4 is 56.4 Å². The second kappa shape index (κ2) is 10.3. The molecule has 6 nitrogen and oxygen atoms in total. The highest BCUT2D eigenvalue weighted by molar-refractivity contribution is 7.89. The van der Waals surface area contributed by atoms with Crippen LogP contribution in [0.2, 0.25) is 15.1 Å². The Balaban J connectivity index is 1.99. The normalized spacial score (nSPS) is 11.3. The van der Waals surface area contributed by atoms with Crippen molar-refractivity contribution in [3.8, 4) is 5.75 Å². The summed E-state index contributed by atoms with van der Waals surface area (Å²) in [5, 5.41) is 3.19. The predicted octanol–water partition coefficient (Wildman–Crippen LogP) is 4.74. The fourth-order valence-corrected chi connectivity index (χ4v) is 3.91. The van der Waals surface area contributed by atoms with Gasteiger partial charge in [0.2, 0.25) is 10.0 Å². The van der Waals surface area contributed by atoms with Crippen molar-refractivity contribution in [1.29, 1.82) is 0 Å². The van der Waals surface area contributed by atoms with Crippen molar-refractivity contribution < 1.29 is 17.9 Å². The number of benzene rings is 2. The van der Waals surface area contributed by atoms with Crippen LogP contribution in [0.1, 0.15) is 19.8 Å². The van der Waals surface area contributed by atoms with Crippen LogP contribution in [0.15, 0.2) is 41.3 Å². The summed E-state index contributed by atoms with van der Waals surface area (Å²) in [6.07, 6.45) is 1.61. The van der Waals surface area contributed by atoms with E-state index in [4.69, 9.17) is 39.5 Å². The first-order valence-corrected chi connectivity index (χ1v) is 11.0. The summed E-state index contributed by atoms with van der Waals surface area (Å²) in [4.78, 5) is 12.1. The number of rotatable bonds is 9. The molecule has 28 heavy (non-hydrogen) atoms. The summed E-state index contributed by atoms with van der Waals surface area (Å²) in [6, 6.07) is 8.89. The number of anilines is 1. The van der Waals surface area contributed by atoms with Crippen LogP contribution in [-0.4, -0.2) is 27.5 Å². The van der Waals surface area contributed by atoms with Crippen LogP contribution in [0.4, 0.5) is 5.69 Å². The van der Waals surface area contributed by atoms with Crippen LogP contribution in [0.3, 0.4) is 0 Å². The molecule has 152 valence electrons. The first kappa shape index (κ1) is 22.8. The topological polar surface area (TPSA) is 84.5 Å². The minimum Gasteiger partial charge on any atom is -0.482 e. The third kappa shape index (κ3) is 6.25. The molecule has 0 heterocycles. The third-order valence-electron chi connectivity index (χ3n) is 3.62. The van der Waals surface area contributed by atoms with E-state index < -0.39 is 15.9 Å². The molecular formula is C18H19Cl3N2O4S. The van der Waals surface area contributed by atoms with Gasteiger partial charge in [-0.3, -0.25) is 4.79 Å². The van der Waals surface area contributed by atoms with Gasteiger partial charge in [0.25, 0.3) is 5.91 Å². The van der Waals surface area contributed by atoms with Crippen LogP contribution >= 0.6 is 34.8 Å². The van der Waals surface area contributed by atoms with E-state index >= 15 is 0 Å². The molecule has 0 saturated heterocycles. The minimum absolute atomic E-state index is 0.0242. The zero-order valence-corrected chi connectivity index (χ0v) is 18.1. The lowest BCUT2D eigenvalue weighted by Crippen LogP contribution is -2.24. The van der Waals surface area contributed by atoms with Gasteiger partial charge < -0.3 is 10.1 Å². The standard InChI is InChI=1S/C18H19Cl3N2O4S/c1-2-3-9-22-28(25,26)12-7-8-16(14(20)10-12)27-11-17(24)23-15-6-4-5-13(19)18(15)21/h4-8,10,22H,2-3,9,11H2,1H3,(H,23,24). The van der Waals surface area contributed by atoms with Gasteiger partial charge in [-0.2, -0.15) is 0 Å². The molecule has 2 N–H and O–H groups in total. The lowest BCUT2D eigenvalue weighted by Gasteiger charge is -2.12. The number of amides is 1. The Labute approximate surface area is 179 Å². The number of carbonyl (C=O) groups is 1. The molecule has 0 aliphatic rings. The molecule has 0 aromatic heterocycles. The van der Waals surface area contributed by atoms with Crippen LogP contribution < -0.4 is 14.8 Å². The molecule has 0 unspecified atom stereocenters. The Morgan fingerprint density at radius 1 is 1.11 bits per heavy atom. The van der Waals surface area contributed by atoms with E-state index in [1.165, 1.54) is 18.2 Å². The van der Waals surface area contributed by atoms with Crippen molar-refractivity contribution in [3.63, 3.8) is 0 Å². The van der Waals surface area contributed by atoms with Crippen molar-refractivity contribution in [2.24, 2.45) is 0 Å². The number of ether oxygens (including phenoxy) is 1. The number of nitrogens with one attached hydrogen (secondary N) is 2. The molecule has 1 amide bonds. The Morgan fingerprint density at radius 2 is 1.86 bits per heavy atom. The molecule has 0 aliphatic carbocycles. The monoisotopic (exact) mass is 464 g/mol. The quantitative estimate of drug-likeness (QED) is 0.524. The summed E-state index contributed by atoms with van der Waals surface area (Å²) >= 11 is 18.0. The zero-order chi connectivity index (χ0) is 20.7. The van der Waals surface area contributed by atoms with Crippen LogP contribution in [-0.2, 0) is 14.8 Å². The molecule has 0 radical (unpaired) electrons. The number of sulfonamides is 1. The Morgan fingerprint density at radius 3 is 2.54 bits per heavy atom. The highest BCUT2D eigenvalue weighted by atomic mass is 35.5. The van der Waals surface area contributed by atoms with E-state index in [-0.39, 0.29) is 27.3 Å². The molecular weight excluding hydrogens is 447 g/mol. The van der Waals surface area contributed by atoms with E-state index in [1.807, 2.05) is 6.92 Å². The zero-order valence-electron chi connectivity index (χ0n) is 15.0. The Kier molecular flexibility index (Phi) is 8.39. The van der Waals surface area contributed by atoms with Crippen molar-refractivity contribution in [2.45, 2.75) is 24.7 Å². The van der Waals surface area contributed by atoms with Crippen molar-refractivity contribution in [3.05, 3.63) is 51.5 Å². The Hall–Kier alpha value is -1.51. The van der Waals surface area contributed by atoms with Crippen molar-refractivity contribution in [2.75, 3.05) is 18.5 Å². The van der Waals surface area contributed by atoms with Gasteiger partial charge in [-0.1, -0.05) is 54.2 Å². The molecule has 2 aromatic carbocycles. The fourth-order valence-electron chi connectivity index (χ4n) is 2.16. The summed E-state index contributed by atoms with van der Waals surface area (Å²) in [7, 11) is -3.65. The van der Waals surface area contributed by atoms with Gasteiger partial charge in [-0.15, -0.1) is 0 Å². The molecule has 2 rings (SSSR count). The number of unbranched alkanes of at least 4 members (excludes halogenated alkanes) is 1. The highest BCUT2D eigenvalue weighted by Gasteiger charge is 2.16. The minimum atomic E-state index is -3.65. The first-order valence-electron chi connectivity index (χ1n) is 8.40. The SMILES string of the molecule is CCCCNS(=O)(=O)c1ccc(OCC(=O)Nc2cccc(Cl)c2Cl)c(Cl)c1. The number of halogens is 3. The van der Waals surface area contributed by atoms with Crippen molar-refractivity contribution in [1.82, 2.24) is 4.72 Å². The summed E-state index contributed by atoms with van der Waals surface area (Å²) in [5.41, 5.74) is 0.355. The average molecular weight is 466 g/mol. The molecule has 2 aromatic rings. The van der Waals surface area contributed by atoms with E-state index in [0.717, 1.165) is 12.8 Å². The van der Waals surface area contributed by atoms with Gasteiger partial charge in [-0.05, 0) is 36.8 Å². The molecule has 0 atom stereocenters. The third-order valence-corrected chi connectivity index (χ3v) is 6.19. The molecule has 0 saturated carbocycles. The second-order valence-electron chi connectivity index (χ2n) is 5.78. The molecule has 0 aliphatic heterocycles. The summed E-state index contributed by atoms with van der Waals surface area (Å²) < 4.78 is 32.3. The van der Waals surface area contributed by atoms with Crippen LogP contribution in [0.5, 0.6) is 5.75 Å². The lowest BCUT2D eigenvalue weighted by atomic mass is 10.3. The summed E-state index contributed by atoms with van der Waals surface area (Å²) in [6.45, 7) is 1.97. The van der Waals surface area contributed by atoms with E-state index in [0.29, 0.717) is 17.3 Å². The highest BCUT2D eigenvalue weighted by Crippen LogP contribution is 2.30. The molecule has 0 fully saturated rings. The molecule has 0 bridgehead atoms. The van der Waals surface area contributed by atoms with Gasteiger partial charge in [0, 0.05) is 6.54 Å². The first-order chi connectivity index (χ1) is 13.2. The van der Waals surface area contributed by atoms with Gasteiger partial charge >= 0.3 is 0 Å². The Bertz CT molecular complexity index is 952. The van der Waals surface area contributed by atoms with Gasteiger partial charge in [0.1, 0.15) is 5.75 Å². The largest absolute Gasteiger partial charge is 0.482 e. The van der Waals surface area contributed by atoms with Crippen LogP contribution in [0.25, 0.3) is 0 Å². The maximum Gasteiger partial charge on any atom is 0.262 e. The number of hydrogen-bond donors (Lipinski definition) is 2. The fraction of sp³-hybridized carbons (Fsp3) is 0.278. The average Bonchev–Trinajstić information content (AvgIpc) is 2.64. The number of hydrogen-bond acceptors (Lipinski definition) is 4. The van der Waals surface area contributed by atoms with E-state index in [1.54, 1.807) is 18.2 Å². The van der Waals surface area contributed by atoms with Crippen LogP contribution in [0, 0.1) is 0 Å². The smallest absolute Gasteiger partial charge is 0.262 e. The maximum absolute atomic E-state index is 12.2. The van der Waals surface area contributed by atoms with Gasteiger partial charge in [-0.25, -0.2) is 13.1 Å². The maximum atomic E-state index is 12.2. The van der Waals surface area contributed by atoms with E-state index in [9.17, 15) is 13.2 Å². The summed E-state index contributed by atoms with van der Waals surface area (Å²) in [5.74, 6) is -0.292. The second-order valence-corrected chi connectivity index (χ2v) is 8.74. The van der Waals surface area contributed by atoms with Gasteiger partial charge in [0.05, 0.1) is 25.7 Å². The molecule has 10 heteroatoms. The van der Waals surface area contributed by atoms with Gasteiger partial charge in [0.15, 0.2) is 6.61 Å². The number of carbonyl (C=O) groups excluding carboxylic acids is 1. The van der Waals surface area contributed by atoms with E-state index in [2.05, 4.69) is 10.0 Å². The molecule has 0 spiro atoms. The predicted molar refractivity (Wildman–Crippen MR) is 112 cm³/mol.